The lowest BCUT2D eigenvalue weighted by atomic mass is 10.2. The Morgan fingerprint density at radius 3 is 1.94 bits per heavy atom. The van der Waals surface area contributed by atoms with E-state index in [0.29, 0.717) is 22.3 Å². The maximum absolute atomic E-state index is 12.7. The Bertz CT molecular complexity index is 1420. The van der Waals surface area contributed by atoms with Crippen LogP contribution in [0, 0.1) is 3.57 Å². The van der Waals surface area contributed by atoms with Gasteiger partial charge in [0.25, 0.3) is 5.91 Å². The molecule has 0 fully saturated rings. The maximum Gasteiger partial charge on any atom is 0.343 e. The van der Waals surface area contributed by atoms with Gasteiger partial charge in [-0.25, -0.2) is 15.0 Å². The Labute approximate surface area is 220 Å². The van der Waals surface area contributed by atoms with E-state index in [-0.39, 0.29) is 17.4 Å². The molecule has 1 N–H and O–H groups in total. The first kappa shape index (κ1) is 24.8. The van der Waals surface area contributed by atoms with Crippen LogP contribution in [0.5, 0.6) is 11.5 Å². The molecule has 4 rings (SSSR count). The quantitative estimate of drug-likeness (QED) is 0.101. The molecule has 7 nitrogen and oxygen atoms in total. The topological polar surface area (TPSA) is 94.1 Å². The van der Waals surface area contributed by atoms with Crippen molar-refractivity contribution in [3.05, 3.63) is 129 Å². The SMILES string of the molecule is O=C(Oc1ccc(/C=N/NC(=O)c2ccccc2I)c(OC(=O)c2ccccc2)c1)c1ccccc1. The van der Waals surface area contributed by atoms with Crippen molar-refractivity contribution in [2.45, 2.75) is 0 Å². The van der Waals surface area contributed by atoms with Crippen molar-refractivity contribution in [1.29, 1.82) is 0 Å². The number of hydrogen-bond acceptors (Lipinski definition) is 6. The van der Waals surface area contributed by atoms with Gasteiger partial charge in [0, 0.05) is 15.2 Å². The van der Waals surface area contributed by atoms with E-state index in [4.69, 9.17) is 9.47 Å². The first-order valence-corrected chi connectivity index (χ1v) is 11.9. The van der Waals surface area contributed by atoms with E-state index >= 15 is 0 Å². The Hall–Kier alpha value is -4.31. The molecule has 0 heterocycles. The number of carbonyl (C=O) groups is 3. The molecule has 178 valence electrons. The van der Waals surface area contributed by atoms with E-state index in [1.807, 2.05) is 12.1 Å². The van der Waals surface area contributed by atoms with Crippen molar-refractivity contribution < 1.29 is 23.9 Å². The third-order valence-electron chi connectivity index (χ3n) is 4.91. The molecule has 0 atom stereocenters. The van der Waals surface area contributed by atoms with Crippen LogP contribution < -0.4 is 14.9 Å². The number of nitrogens with zero attached hydrogens (tertiary/aromatic N) is 1. The highest BCUT2D eigenvalue weighted by Crippen LogP contribution is 2.26. The summed E-state index contributed by atoms with van der Waals surface area (Å²) >= 11 is 2.07. The van der Waals surface area contributed by atoms with E-state index in [9.17, 15) is 14.4 Å². The van der Waals surface area contributed by atoms with Crippen LogP contribution in [0.25, 0.3) is 0 Å². The van der Waals surface area contributed by atoms with Gasteiger partial charge < -0.3 is 9.47 Å². The van der Waals surface area contributed by atoms with Crippen LogP contribution in [0.3, 0.4) is 0 Å². The molecule has 1 amide bonds. The summed E-state index contributed by atoms with van der Waals surface area (Å²) in [6.07, 6.45) is 1.35. The Kier molecular flexibility index (Phi) is 8.20. The third-order valence-corrected chi connectivity index (χ3v) is 5.85. The van der Waals surface area contributed by atoms with Crippen LogP contribution in [0.15, 0.2) is 108 Å². The number of hydrazone groups is 1. The maximum atomic E-state index is 12.7. The lowest BCUT2D eigenvalue weighted by Gasteiger charge is -2.10. The van der Waals surface area contributed by atoms with Crippen LogP contribution in [-0.2, 0) is 0 Å². The number of ether oxygens (including phenoxy) is 2. The minimum atomic E-state index is -0.598. The van der Waals surface area contributed by atoms with Gasteiger partial charge in [-0.2, -0.15) is 5.10 Å². The molecule has 0 aliphatic rings. The van der Waals surface area contributed by atoms with Crippen LogP contribution in [0.2, 0.25) is 0 Å². The van der Waals surface area contributed by atoms with Crippen molar-refractivity contribution >= 4 is 46.7 Å². The van der Waals surface area contributed by atoms with Crippen molar-refractivity contribution in [2.75, 3.05) is 0 Å². The number of esters is 2. The summed E-state index contributed by atoms with van der Waals surface area (Å²) in [5.41, 5.74) is 4.07. The predicted octanol–water partition coefficient (Wildman–Crippen LogP) is 5.49. The highest BCUT2D eigenvalue weighted by atomic mass is 127. The third kappa shape index (κ3) is 6.42. The van der Waals surface area contributed by atoms with Crippen molar-refractivity contribution in [3.63, 3.8) is 0 Å². The van der Waals surface area contributed by atoms with E-state index in [1.54, 1.807) is 84.9 Å². The van der Waals surface area contributed by atoms with Crippen LogP contribution in [0.1, 0.15) is 36.6 Å². The molecule has 0 saturated heterocycles. The van der Waals surface area contributed by atoms with Crippen LogP contribution in [-0.4, -0.2) is 24.1 Å². The number of halogens is 1. The normalized spacial score (nSPS) is 10.6. The second-order valence-electron chi connectivity index (χ2n) is 7.39. The van der Waals surface area contributed by atoms with Gasteiger partial charge in [0.15, 0.2) is 0 Å². The summed E-state index contributed by atoms with van der Waals surface area (Å²) in [5.74, 6) is -1.25. The molecule has 0 aliphatic carbocycles. The summed E-state index contributed by atoms with van der Waals surface area (Å²) in [6.45, 7) is 0. The Morgan fingerprint density at radius 2 is 1.31 bits per heavy atom. The molecule has 4 aromatic carbocycles. The zero-order valence-electron chi connectivity index (χ0n) is 18.8. The summed E-state index contributed by atoms with van der Waals surface area (Å²) in [6, 6.07) is 28.6. The van der Waals surface area contributed by atoms with Gasteiger partial charge >= 0.3 is 11.9 Å². The van der Waals surface area contributed by atoms with Crippen molar-refractivity contribution in [1.82, 2.24) is 5.43 Å². The Morgan fingerprint density at radius 1 is 0.722 bits per heavy atom. The molecule has 0 saturated carbocycles. The van der Waals surface area contributed by atoms with Crippen LogP contribution >= 0.6 is 22.6 Å². The molecule has 36 heavy (non-hydrogen) atoms. The van der Waals surface area contributed by atoms with Crippen molar-refractivity contribution in [2.24, 2.45) is 5.10 Å². The van der Waals surface area contributed by atoms with E-state index < -0.39 is 11.9 Å². The number of rotatable bonds is 7. The predicted molar refractivity (Wildman–Crippen MR) is 143 cm³/mol. The van der Waals surface area contributed by atoms with Gasteiger partial charge in [0.2, 0.25) is 0 Å². The standard InChI is InChI=1S/C28H19IN2O5/c29-24-14-8-7-13-23(24)26(32)31-30-18-21-15-16-22(35-27(33)19-9-3-1-4-10-19)17-25(21)36-28(34)20-11-5-2-6-12-20/h1-18H,(H,31,32)/b30-18+. The summed E-state index contributed by atoms with van der Waals surface area (Å²) in [5, 5.41) is 4.01. The zero-order chi connectivity index (χ0) is 25.3. The highest BCUT2D eigenvalue weighted by Gasteiger charge is 2.15. The second kappa shape index (κ2) is 11.9. The molecule has 0 unspecified atom stereocenters. The lowest BCUT2D eigenvalue weighted by Crippen LogP contribution is -2.19. The molecular formula is C28H19IN2O5. The molecule has 0 aliphatic heterocycles. The molecular weight excluding hydrogens is 571 g/mol. The minimum Gasteiger partial charge on any atom is -0.423 e. The molecule has 0 radical (unpaired) electrons. The van der Waals surface area contributed by atoms with Gasteiger partial charge in [0.05, 0.1) is 22.9 Å². The first-order chi connectivity index (χ1) is 17.5. The fourth-order valence-electron chi connectivity index (χ4n) is 3.11. The van der Waals surface area contributed by atoms with Gasteiger partial charge in [-0.3, -0.25) is 4.79 Å². The average Bonchev–Trinajstić information content (AvgIpc) is 2.91. The summed E-state index contributed by atoms with van der Waals surface area (Å²) < 4.78 is 11.8. The molecule has 8 heteroatoms. The fourth-order valence-corrected chi connectivity index (χ4v) is 3.74. The number of benzene rings is 4. The number of nitrogens with one attached hydrogen (secondary N) is 1. The van der Waals surface area contributed by atoms with Crippen molar-refractivity contribution in [3.8, 4) is 11.5 Å². The van der Waals surface area contributed by atoms with Gasteiger partial charge in [0.1, 0.15) is 11.5 Å². The molecule has 0 bridgehead atoms. The largest absolute Gasteiger partial charge is 0.423 e. The molecule has 4 aromatic rings. The first-order valence-electron chi connectivity index (χ1n) is 10.8. The lowest BCUT2D eigenvalue weighted by molar-refractivity contribution is 0.0732. The molecule has 0 aromatic heterocycles. The molecule has 0 spiro atoms. The van der Waals surface area contributed by atoms with Gasteiger partial charge in [-0.1, -0.05) is 48.5 Å². The van der Waals surface area contributed by atoms with Gasteiger partial charge in [-0.15, -0.1) is 0 Å². The Balaban J connectivity index is 1.56. The number of hydrogen-bond donors (Lipinski definition) is 1. The summed E-state index contributed by atoms with van der Waals surface area (Å²) in [4.78, 5) is 37.6. The fraction of sp³-hybridized carbons (Fsp3) is 0. The highest BCUT2D eigenvalue weighted by molar-refractivity contribution is 14.1. The smallest absolute Gasteiger partial charge is 0.343 e. The van der Waals surface area contributed by atoms with Gasteiger partial charge in [-0.05, 0) is 71.1 Å². The summed E-state index contributed by atoms with van der Waals surface area (Å²) in [7, 11) is 0. The number of amides is 1. The average molecular weight is 590 g/mol. The van der Waals surface area contributed by atoms with E-state index in [1.165, 1.54) is 12.3 Å². The monoisotopic (exact) mass is 590 g/mol. The zero-order valence-corrected chi connectivity index (χ0v) is 20.9. The second-order valence-corrected chi connectivity index (χ2v) is 8.55. The van der Waals surface area contributed by atoms with Crippen LogP contribution in [0.4, 0.5) is 0 Å². The number of carbonyl (C=O) groups excluding carboxylic acids is 3. The van der Waals surface area contributed by atoms with E-state index in [2.05, 4.69) is 33.1 Å². The van der Waals surface area contributed by atoms with E-state index in [0.717, 1.165) is 3.57 Å². The minimum absolute atomic E-state index is 0.106.